The van der Waals surface area contributed by atoms with Crippen molar-refractivity contribution < 1.29 is 9.53 Å². The van der Waals surface area contributed by atoms with Crippen LogP contribution in [0.1, 0.15) is 13.8 Å². The monoisotopic (exact) mass is 265 g/mol. The Balaban J connectivity index is 2.39. The van der Waals surface area contributed by atoms with Crippen molar-refractivity contribution in [3.63, 3.8) is 0 Å². The molecule has 1 rings (SSSR count). The maximum Gasteiger partial charge on any atom is 0.319 e. The van der Waals surface area contributed by atoms with Gasteiger partial charge in [-0.3, -0.25) is 0 Å². The SMILES string of the molecule is CCN(CC)CCNC(=O)Nc1ccccc1OC. The third-order valence-corrected chi connectivity index (χ3v) is 2.96. The molecule has 0 saturated carbocycles. The number of methoxy groups -OCH3 is 1. The van der Waals surface area contributed by atoms with Gasteiger partial charge in [-0.05, 0) is 25.2 Å². The van der Waals surface area contributed by atoms with Crippen LogP contribution in [0.15, 0.2) is 24.3 Å². The number of benzene rings is 1. The Morgan fingerprint density at radius 2 is 1.95 bits per heavy atom. The number of carbonyl (C=O) groups is 1. The first kappa shape index (κ1) is 15.3. The summed E-state index contributed by atoms with van der Waals surface area (Å²) in [6.07, 6.45) is 0. The molecule has 0 unspecified atom stereocenters. The van der Waals surface area contributed by atoms with E-state index in [0.717, 1.165) is 19.6 Å². The molecule has 5 nitrogen and oxygen atoms in total. The predicted molar refractivity (Wildman–Crippen MR) is 77.8 cm³/mol. The van der Waals surface area contributed by atoms with Crippen molar-refractivity contribution in [3.8, 4) is 5.75 Å². The van der Waals surface area contributed by atoms with Crippen LogP contribution >= 0.6 is 0 Å². The quantitative estimate of drug-likeness (QED) is 0.794. The molecule has 0 radical (unpaired) electrons. The van der Waals surface area contributed by atoms with E-state index in [-0.39, 0.29) is 6.03 Å². The van der Waals surface area contributed by atoms with Gasteiger partial charge in [-0.1, -0.05) is 26.0 Å². The highest BCUT2D eigenvalue weighted by atomic mass is 16.5. The molecule has 0 bridgehead atoms. The van der Waals surface area contributed by atoms with E-state index < -0.39 is 0 Å². The Kier molecular flexibility index (Phi) is 6.74. The van der Waals surface area contributed by atoms with Crippen LogP contribution in [0.4, 0.5) is 10.5 Å². The third kappa shape index (κ3) is 5.18. The number of hydrogen-bond acceptors (Lipinski definition) is 3. The fourth-order valence-corrected chi connectivity index (χ4v) is 1.78. The molecule has 0 saturated heterocycles. The Bertz CT molecular complexity index is 392. The zero-order valence-electron chi connectivity index (χ0n) is 11.9. The summed E-state index contributed by atoms with van der Waals surface area (Å²) >= 11 is 0. The van der Waals surface area contributed by atoms with Crippen molar-refractivity contribution in [2.75, 3.05) is 38.6 Å². The highest BCUT2D eigenvalue weighted by molar-refractivity contribution is 5.90. The highest BCUT2D eigenvalue weighted by Gasteiger charge is 2.06. The number of para-hydroxylation sites is 2. The van der Waals surface area contributed by atoms with Gasteiger partial charge in [0.2, 0.25) is 0 Å². The van der Waals surface area contributed by atoms with Gasteiger partial charge in [0.05, 0.1) is 12.8 Å². The fraction of sp³-hybridized carbons (Fsp3) is 0.500. The number of carbonyl (C=O) groups excluding carboxylic acids is 1. The number of nitrogens with zero attached hydrogens (tertiary/aromatic N) is 1. The van der Waals surface area contributed by atoms with E-state index in [1.807, 2.05) is 24.3 Å². The highest BCUT2D eigenvalue weighted by Crippen LogP contribution is 2.22. The average Bonchev–Trinajstić information content (AvgIpc) is 2.44. The lowest BCUT2D eigenvalue weighted by molar-refractivity contribution is 0.247. The van der Waals surface area contributed by atoms with Crippen LogP contribution < -0.4 is 15.4 Å². The number of amides is 2. The van der Waals surface area contributed by atoms with E-state index in [4.69, 9.17) is 4.74 Å². The van der Waals surface area contributed by atoms with Crippen molar-refractivity contribution in [1.82, 2.24) is 10.2 Å². The molecule has 5 heteroatoms. The first-order chi connectivity index (χ1) is 9.21. The van der Waals surface area contributed by atoms with Gasteiger partial charge in [0, 0.05) is 13.1 Å². The maximum atomic E-state index is 11.7. The Morgan fingerprint density at radius 3 is 2.58 bits per heavy atom. The second kappa shape index (κ2) is 8.37. The normalized spacial score (nSPS) is 10.3. The molecule has 106 valence electrons. The molecule has 0 spiro atoms. The standard InChI is InChI=1S/C14H23N3O2/c1-4-17(5-2)11-10-15-14(18)16-12-8-6-7-9-13(12)19-3/h6-9H,4-5,10-11H2,1-3H3,(H2,15,16,18). The molecule has 2 N–H and O–H groups in total. The van der Waals surface area contributed by atoms with Gasteiger partial charge in [0.15, 0.2) is 0 Å². The van der Waals surface area contributed by atoms with Gasteiger partial charge in [0.25, 0.3) is 0 Å². The van der Waals surface area contributed by atoms with Crippen LogP contribution in [0.25, 0.3) is 0 Å². The summed E-state index contributed by atoms with van der Waals surface area (Å²) in [5.74, 6) is 0.654. The minimum atomic E-state index is -0.211. The molecule has 0 aliphatic rings. The van der Waals surface area contributed by atoms with E-state index in [1.54, 1.807) is 7.11 Å². The molecule has 0 heterocycles. The third-order valence-electron chi connectivity index (χ3n) is 2.96. The van der Waals surface area contributed by atoms with Crippen LogP contribution in [0.5, 0.6) is 5.75 Å². The number of hydrogen-bond donors (Lipinski definition) is 2. The van der Waals surface area contributed by atoms with Crippen LogP contribution in [0, 0.1) is 0 Å². The molecule has 0 aliphatic heterocycles. The van der Waals surface area contributed by atoms with Crippen molar-refractivity contribution in [1.29, 1.82) is 0 Å². The summed E-state index contributed by atoms with van der Waals surface area (Å²) in [4.78, 5) is 14.0. The van der Waals surface area contributed by atoms with Crippen molar-refractivity contribution in [2.24, 2.45) is 0 Å². The van der Waals surface area contributed by atoms with Gasteiger partial charge in [-0.15, -0.1) is 0 Å². The lowest BCUT2D eigenvalue weighted by atomic mass is 10.3. The van der Waals surface area contributed by atoms with E-state index in [1.165, 1.54) is 0 Å². The molecule has 0 atom stereocenters. The lowest BCUT2D eigenvalue weighted by Crippen LogP contribution is -2.36. The average molecular weight is 265 g/mol. The minimum absolute atomic E-state index is 0.211. The van der Waals surface area contributed by atoms with Crippen molar-refractivity contribution >= 4 is 11.7 Å². The molecule has 1 aromatic carbocycles. The van der Waals surface area contributed by atoms with Gasteiger partial charge in [-0.2, -0.15) is 0 Å². The van der Waals surface area contributed by atoms with Crippen molar-refractivity contribution in [3.05, 3.63) is 24.3 Å². The summed E-state index contributed by atoms with van der Waals surface area (Å²) in [5, 5.41) is 5.61. The number of urea groups is 1. The maximum absolute atomic E-state index is 11.7. The zero-order chi connectivity index (χ0) is 14.1. The molecule has 1 aromatic rings. The van der Waals surface area contributed by atoms with E-state index in [9.17, 15) is 4.79 Å². The van der Waals surface area contributed by atoms with E-state index in [2.05, 4.69) is 29.4 Å². The largest absolute Gasteiger partial charge is 0.495 e. The number of anilines is 1. The van der Waals surface area contributed by atoms with E-state index in [0.29, 0.717) is 18.0 Å². The second-order valence-electron chi connectivity index (χ2n) is 4.11. The lowest BCUT2D eigenvalue weighted by Gasteiger charge is -2.18. The first-order valence-corrected chi connectivity index (χ1v) is 6.61. The summed E-state index contributed by atoms with van der Waals surface area (Å²) in [7, 11) is 1.58. The summed E-state index contributed by atoms with van der Waals surface area (Å²) < 4.78 is 5.17. The molecule has 2 amide bonds. The number of rotatable bonds is 7. The number of ether oxygens (including phenoxy) is 1. The van der Waals surface area contributed by atoms with Gasteiger partial charge in [-0.25, -0.2) is 4.79 Å². The molecule has 19 heavy (non-hydrogen) atoms. The summed E-state index contributed by atoms with van der Waals surface area (Å²) in [6.45, 7) is 7.68. The summed E-state index contributed by atoms with van der Waals surface area (Å²) in [5.41, 5.74) is 0.672. The van der Waals surface area contributed by atoms with E-state index >= 15 is 0 Å². The van der Waals surface area contributed by atoms with Gasteiger partial charge in [0.1, 0.15) is 5.75 Å². The Hall–Kier alpha value is -1.75. The van der Waals surface area contributed by atoms with Crippen LogP contribution in [-0.2, 0) is 0 Å². The Morgan fingerprint density at radius 1 is 1.26 bits per heavy atom. The molecule has 0 aromatic heterocycles. The van der Waals surface area contributed by atoms with Crippen molar-refractivity contribution in [2.45, 2.75) is 13.8 Å². The number of nitrogens with one attached hydrogen (secondary N) is 2. The molecule has 0 aliphatic carbocycles. The topological polar surface area (TPSA) is 53.6 Å². The molecular formula is C14H23N3O2. The second-order valence-corrected chi connectivity index (χ2v) is 4.11. The van der Waals surface area contributed by atoms with Gasteiger partial charge < -0.3 is 20.3 Å². The van der Waals surface area contributed by atoms with Gasteiger partial charge >= 0.3 is 6.03 Å². The minimum Gasteiger partial charge on any atom is -0.495 e. The Labute approximate surface area is 114 Å². The van der Waals surface area contributed by atoms with Crippen LogP contribution in [0.2, 0.25) is 0 Å². The summed E-state index contributed by atoms with van der Waals surface area (Å²) in [6, 6.07) is 7.13. The van der Waals surface area contributed by atoms with Crippen LogP contribution in [0.3, 0.4) is 0 Å². The smallest absolute Gasteiger partial charge is 0.319 e. The molecule has 0 fully saturated rings. The zero-order valence-corrected chi connectivity index (χ0v) is 11.9. The fourth-order valence-electron chi connectivity index (χ4n) is 1.78. The number of likely N-dealkylation sites (N-methyl/N-ethyl adjacent to an activating group) is 1. The van der Waals surface area contributed by atoms with Crippen LogP contribution in [-0.4, -0.2) is 44.2 Å². The predicted octanol–water partition coefficient (Wildman–Crippen LogP) is 2.16. The first-order valence-electron chi connectivity index (χ1n) is 6.61. The molecular weight excluding hydrogens is 242 g/mol.